The number of benzene rings is 1. The fraction of sp³-hybridized carbons (Fsp3) is 0.278. The maximum atomic E-state index is 11.9. The van der Waals surface area contributed by atoms with Crippen LogP contribution in [0.5, 0.6) is 0 Å². The third-order valence-corrected chi connectivity index (χ3v) is 3.78. The average molecular weight is 328 g/mol. The van der Waals surface area contributed by atoms with Crippen molar-refractivity contribution in [1.29, 1.82) is 0 Å². The molecule has 0 radical (unpaired) electrons. The summed E-state index contributed by atoms with van der Waals surface area (Å²) in [6, 6.07) is 8.48. The Kier molecular flexibility index (Phi) is 5.52. The van der Waals surface area contributed by atoms with Crippen LogP contribution in [0.15, 0.2) is 42.7 Å². The van der Waals surface area contributed by atoms with Crippen LogP contribution >= 0.6 is 0 Å². The van der Waals surface area contributed by atoms with Crippen LogP contribution in [0.3, 0.4) is 0 Å². The van der Waals surface area contributed by atoms with Crippen LogP contribution in [0.25, 0.3) is 0 Å². The minimum absolute atomic E-state index is 0.188. The molecule has 1 N–H and O–H groups in total. The van der Waals surface area contributed by atoms with Gasteiger partial charge in [0.2, 0.25) is 0 Å². The van der Waals surface area contributed by atoms with Gasteiger partial charge < -0.3 is 15.3 Å². The van der Waals surface area contributed by atoms with E-state index in [9.17, 15) is 14.8 Å². The summed E-state index contributed by atoms with van der Waals surface area (Å²) in [6.45, 7) is 5.54. The number of carbonyl (C=O) groups is 2. The number of nitrogens with zero attached hydrogens (tertiary/aromatic N) is 1. The first-order valence-electron chi connectivity index (χ1n) is 7.59. The molecule has 1 aromatic carbocycles. The second-order valence-corrected chi connectivity index (χ2v) is 5.66. The summed E-state index contributed by atoms with van der Waals surface area (Å²) in [7, 11) is 0. The van der Waals surface area contributed by atoms with E-state index < -0.39 is 5.97 Å². The normalized spacial score (nSPS) is 11.6. The van der Waals surface area contributed by atoms with E-state index in [1.807, 2.05) is 39.0 Å². The van der Waals surface area contributed by atoms with Crippen LogP contribution in [0.2, 0.25) is 0 Å². The molecule has 1 atom stereocenters. The van der Waals surface area contributed by atoms with E-state index in [1.165, 1.54) is 30.1 Å². The van der Waals surface area contributed by atoms with E-state index in [4.69, 9.17) is 4.74 Å². The van der Waals surface area contributed by atoms with Gasteiger partial charge >= 0.3 is 5.97 Å². The number of rotatable bonds is 5. The lowest BCUT2D eigenvalue weighted by atomic mass is 10.0. The Hall–Kier alpha value is -2.89. The second-order valence-electron chi connectivity index (χ2n) is 5.66. The smallest absolute Gasteiger partial charge is 0.339 e. The highest BCUT2D eigenvalue weighted by molar-refractivity contribution is 5.91. The van der Waals surface area contributed by atoms with Crippen molar-refractivity contribution in [3.8, 4) is 0 Å². The summed E-state index contributed by atoms with van der Waals surface area (Å²) in [6.07, 6.45) is 2.39. The lowest BCUT2D eigenvalue weighted by Gasteiger charge is -2.15. The van der Waals surface area contributed by atoms with Gasteiger partial charge in [0.05, 0.1) is 11.6 Å². The van der Waals surface area contributed by atoms with Crippen LogP contribution in [0.1, 0.15) is 40.0 Å². The number of amides is 1. The van der Waals surface area contributed by atoms with Gasteiger partial charge in [-0.25, -0.2) is 4.79 Å². The first-order valence-corrected chi connectivity index (χ1v) is 7.59. The molecule has 0 aliphatic heterocycles. The first-order chi connectivity index (χ1) is 11.4. The molecule has 1 amide bonds. The van der Waals surface area contributed by atoms with Crippen LogP contribution in [0.4, 0.5) is 0 Å². The summed E-state index contributed by atoms with van der Waals surface area (Å²) in [5, 5.41) is 13.7. The number of carbonyl (C=O) groups excluding carboxylic acids is 2. The zero-order valence-corrected chi connectivity index (χ0v) is 13.9. The summed E-state index contributed by atoms with van der Waals surface area (Å²) >= 11 is 0. The maximum Gasteiger partial charge on any atom is 0.339 e. The lowest BCUT2D eigenvalue weighted by Crippen LogP contribution is -2.31. The highest BCUT2D eigenvalue weighted by atomic mass is 16.5. The Morgan fingerprint density at radius 2 is 1.83 bits per heavy atom. The molecule has 0 saturated heterocycles. The van der Waals surface area contributed by atoms with E-state index in [1.54, 1.807) is 0 Å². The zero-order chi connectivity index (χ0) is 17.7. The molecule has 0 aliphatic rings. The topological polar surface area (TPSA) is 82.3 Å². The Morgan fingerprint density at radius 1 is 1.17 bits per heavy atom. The number of aromatic nitrogens is 1. The largest absolute Gasteiger partial charge is 0.619 e. The van der Waals surface area contributed by atoms with Crippen molar-refractivity contribution in [2.45, 2.75) is 26.8 Å². The molecular weight excluding hydrogens is 308 g/mol. The van der Waals surface area contributed by atoms with E-state index in [-0.39, 0.29) is 24.1 Å². The molecule has 2 aromatic rings. The monoisotopic (exact) mass is 328 g/mol. The lowest BCUT2D eigenvalue weighted by molar-refractivity contribution is -0.605. The molecule has 0 unspecified atom stereocenters. The van der Waals surface area contributed by atoms with Gasteiger partial charge in [-0.3, -0.25) is 4.79 Å². The van der Waals surface area contributed by atoms with E-state index in [2.05, 4.69) is 5.32 Å². The molecule has 1 heterocycles. The molecule has 6 nitrogen and oxygen atoms in total. The summed E-state index contributed by atoms with van der Waals surface area (Å²) < 4.78 is 5.51. The standard InChI is InChI=1S/C18H20N2O4/c1-12-4-5-16(10-13(12)2)14(3)19-17(21)11-24-18(22)15-6-8-20(23)9-7-15/h4-10,14H,11H2,1-3H3,(H,19,21)/t14-/m1/s1. The van der Waals surface area contributed by atoms with Crippen molar-refractivity contribution < 1.29 is 19.1 Å². The summed E-state index contributed by atoms with van der Waals surface area (Å²) in [5.74, 6) is -1.03. The van der Waals surface area contributed by atoms with Crippen LogP contribution in [-0.4, -0.2) is 18.5 Å². The molecule has 126 valence electrons. The average Bonchev–Trinajstić information content (AvgIpc) is 2.55. The number of pyridine rings is 1. The van der Waals surface area contributed by atoms with Gasteiger partial charge in [0.1, 0.15) is 0 Å². The minimum atomic E-state index is -0.649. The van der Waals surface area contributed by atoms with Gasteiger partial charge in [0, 0.05) is 12.1 Å². The van der Waals surface area contributed by atoms with Gasteiger partial charge in [-0.15, -0.1) is 0 Å². The van der Waals surface area contributed by atoms with Crippen LogP contribution in [-0.2, 0) is 9.53 Å². The quantitative estimate of drug-likeness (QED) is 0.517. The number of ether oxygens (including phenoxy) is 1. The van der Waals surface area contributed by atoms with Gasteiger partial charge in [-0.2, -0.15) is 4.73 Å². The van der Waals surface area contributed by atoms with E-state index in [0.29, 0.717) is 4.73 Å². The van der Waals surface area contributed by atoms with Gasteiger partial charge in [0.25, 0.3) is 5.91 Å². The summed E-state index contributed by atoms with van der Waals surface area (Å²) in [5.41, 5.74) is 3.55. The minimum Gasteiger partial charge on any atom is -0.619 e. The van der Waals surface area contributed by atoms with Gasteiger partial charge in [-0.1, -0.05) is 18.2 Å². The van der Waals surface area contributed by atoms with Crippen molar-refractivity contribution in [3.63, 3.8) is 0 Å². The van der Waals surface area contributed by atoms with E-state index in [0.717, 1.165) is 11.1 Å². The molecular formula is C18H20N2O4. The first kappa shape index (κ1) is 17.5. The molecule has 0 bridgehead atoms. The van der Waals surface area contributed by atoms with Crippen LogP contribution < -0.4 is 10.0 Å². The van der Waals surface area contributed by atoms with E-state index >= 15 is 0 Å². The van der Waals surface area contributed by atoms with Gasteiger partial charge in [0.15, 0.2) is 19.0 Å². The van der Waals surface area contributed by atoms with Gasteiger partial charge in [-0.05, 0) is 37.5 Å². The van der Waals surface area contributed by atoms with Crippen molar-refractivity contribution in [1.82, 2.24) is 5.32 Å². The highest BCUT2D eigenvalue weighted by Gasteiger charge is 2.14. The number of aryl methyl sites for hydroxylation is 2. The number of hydrogen-bond donors (Lipinski definition) is 1. The predicted molar refractivity (Wildman–Crippen MR) is 88.2 cm³/mol. The Balaban J connectivity index is 1.87. The molecule has 0 saturated carbocycles. The van der Waals surface area contributed by atoms with Crippen molar-refractivity contribution in [2.75, 3.05) is 6.61 Å². The zero-order valence-electron chi connectivity index (χ0n) is 13.9. The number of nitrogens with one attached hydrogen (secondary N) is 1. The van der Waals surface area contributed by atoms with Crippen molar-refractivity contribution in [3.05, 3.63) is 70.2 Å². The number of hydrogen-bond acceptors (Lipinski definition) is 4. The number of esters is 1. The van der Waals surface area contributed by atoms with Crippen molar-refractivity contribution >= 4 is 11.9 Å². The molecule has 2 rings (SSSR count). The predicted octanol–water partition coefficient (Wildman–Crippen LogP) is 1.97. The Bertz CT molecular complexity index is 741. The molecule has 0 aliphatic carbocycles. The molecule has 0 spiro atoms. The molecule has 1 aromatic heterocycles. The Labute approximate surface area is 140 Å². The second kappa shape index (κ2) is 7.59. The fourth-order valence-electron chi connectivity index (χ4n) is 2.16. The molecule has 0 fully saturated rings. The fourth-order valence-corrected chi connectivity index (χ4v) is 2.16. The van der Waals surface area contributed by atoms with Crippen LogP contribution in [0, 0.1) is 19.1 Å². The third kappa shape index (κ3) is 4.55. The molecule has 6 heteroatoms. The molecule has 24 heavy (non-hydrogen) atoms. The highest BCUT2D eigenvalue weighted by Crippen LogP contribution is 2.16. The third-order valence-electron chi connectivity index (χ3n) is 3.78. The Morgan fingerprint density at radius 3 is 2.46 bits per heavy atom. The maximum absolute atomic E-state index is 11.9. The van der Waals surface area contributed by atoms with Crippen molar-refractivity contribution in [2.24, 2.45) is 0 Å². The SMILES string of the molecule is Cc1ccc([C@@H](C)NC(=O)COC(=O)c2cc[n+]([O-])cc2)cc1C. The summed E-state index contributed by atoms with van der Waals surface area (Å²) in [4.78, 5) is 23.7.